The summed E-state index contributed by atoms with van der Waals surface area (Å²) in [7, 11) is 1.63. The number of pyridine rings is 1. The first-order valence-corrected chi connectivity index (χ1v) is 9.39. The average molecular weight is 379 g/mol. The SMILES string of the molecule is CCCOc1ccc(/C=C/C(=O)NCCc2cn3cccc(OC)c3n2)cc1. The van der Waals surface area contributed by atoms with Gasteiger partial charge in [0.1, 0.15) is 5.75 Å². The largest absolute Gasteiger partial charge is 0.494 e. The summed E-state index contributed by atoms with van der Waals surface area (Å²) >= 11 is 0. The van der Waals surface area contributed by atoms with Gasteiger partial charge >= 0.3 is 0 Å². The Balaban J connectivity index is 1.48. The van der Waals surface area contributed by atoms with Crippen LogP contribution < -0.4 is 14.8 Å². The van der Waals surface area contributed by atoms with Crippen molar-refractivity contribution in [2.24, 2.45) is 0 Å². The van der Waals surface area contributed by atoms with Gasteiger partial charge in [0.2, 0.25) is 5.91 Å². The third-order valence-electron chi connectivity index (χ3n) is 4.18. The number of hydrogen-bond acceptors (Lipinski definition) is 4. The first-order chi connectivity index (χ1) is 13.7. The molecule has 3 aromatic rings. The fourth-order valence-electron chi connectivity index (χ4n) is 2.76. The molecule has 1 aromatic carbocycles. The molecule has 6 heteroatoms. The summed E-state index contributed by atoms with van der Waals surface area (Å²) < 4.78 is 12.8. The summed E-state index contributed by atoms with van der Waals surface area (Å²) in [6, 6.07) is 11.5. The van der Waals surface area contributed by atoms with Crippen LogP contribution in [0.4, 0.5) is 0 Å². The summed E-state index contributed by atoms with van der Waals surface area (Å²) in [5.74, 6) is 1.44. The highest BCUT2D eigenvalue weighted by molar-refractivity contribution is 5.91. The molecule has 28 heavy (non-hydrogen) atoms. The van der Waals surface area contributed by atoms with Gasteiger partial charge in [0.15, 0.2) is 11.4 Å². The normalized spacial score (nSPS) is 11.1. The van der Waals surface area contributed by atoms with Crippen molar-refractivity contribution in [1.82, 2.24) is 14.7 Å². The minimum absolute atomic E-state index is 0.132. The number of nitrogens with one attached hydrogen (secondary N) is 1. The van der Waals surface area contributed by atoms with E-state index in [1.165, 1.54) is 6.08 Å². The number of aromatic nitrogens is 2. The van der Waals surface area contributed by atoms with Crippen molar-refractivity contribution < 1.29 is 14.3 Å². The first-order valence-electron chi connectivity index (χ1n) is 9.39. The van der Waals surface area contributed by atoms with Crippen LogP contribution in [0.5, 0.6) is 11.5 Å². The van der Waals surface area contributed by atoms with E-state index in [1.807, 2.05) is 53.2 Å². The van der Waals surface area contributed by atoms with Crippen molar-refractivity contribution >= 4 is 17.6 Å². The number of benzene rings is 1. The molecular weight excluding hydrogens is 354 g/mol. The van der Waals surface area contributed by atoms with Crippen molar-refractivity contribution in [1.29, 1.82) is 0 Å². The molecule has 0 unspecified atom stereocenters. The van der Waals surface area contributed by atoms with Crippen molar-refractivity contribution in [3.63, 3.8) is 0 Å². The molecule has 0 aliphatic rings. The standard InChI is InChI=1S/C22H25N3O3/c1-3-15-28-19-9-6-17(7-10-19)8-11-21(26)23-13-12-18-16-25-14-4-5-20(27-2)22(25)24-18/h4-11,14,16H,3,12-13,15H2,1-2H3,(H,23,26)/b11-8+. The van der Waals surface area contributed by atoms with Crippen LogP contribution >= 0.6 is 0 Å². The van der Waals surface area contributed by atoms with Crippen LogP contribution in [0, 0.1) is 0 Å². The predicted octanol–water partition coefficient (Wildman–Crippen LogP) is 3.50. The predicted molar refractivity (Wildman–Crippen MR) is 110 cm³/mol. The molecule has 0 aliphatic carbocycles. The molecule has 0 bridgehead atoms. The number of fused-ring (bicyclic) bond motifs is 1. The smallest absolute Gasteiger partial charge is 0.244 e. The number of carbonyl (C=O) groups excluding carboxylic acids is 1. The molecule has 0 spiro atoms. The van der Waals surface area contributed by atoms with E-state index >= 15 is 0 Å². The summed E-state index contributed by atoms with van der Waals surface area (Å²) in [6.45, 7) is 3.29. The van der Waals surface area contributed by atoms with Crippen LogP contribution in [0.15, 0.2) is 54.9 Å². The van der Waals surface area contributed by atoms with Gasteiger partial charge in [0.25, 0.3) is 0 Å². The van der Waals surface area contributed by atoms with E-state index in [2.05, 4.69) is 17.2 Å². The number of hydrogen-bond donors (Lipinski definition) is 1. The van der Waals surface area contributed by atoms with Gasteiger partial charge in [0, 0.05) is 31.4 Å². The first kappa shape index (κ1) is 19.5. The average Bonchev–Trinajstić information content (AvgIpc) is 3.14. The summed E-state index contributed by atoms with van der Waals surface area (Å²) in [4.78, 5) is 16.6. The molecule has 0 saturated heterocycles. The molecule has 3 rings (SSSR count). The van der Waals surface area contributed by atoms with Crippen molar-refractivity contribution in [3.05, 3.63) is 66.1 Å². The number of methoxy groups -OCH3 is 1. The lowest BCUT2D eigenvalue weighted by molar-refractivity contribution is -0.116. The summed E-state index contributed by atoms with van der Waals surface area (Å²) in [5.41, 5.74) is 2.63. The number of amides is 1. The van der Waals surface area contributed by atoms with Gasteiger partial charge in [-0.05, 0) is 42.3 Å². The van der Waals surface area contributed by atoms with Crippen LogP contribution in [0.1, 0.15) is 24.6 Å². The number of imidazole rings is 1. The molecule has 6 nitrogen and oxygen atoms in total. The Bertz CT molecular complexity index is 945. The minimum Gasteiger partial charge on any atom is -0.494 e. The third-order valence-corrected chi connectivity index (χ3v) is 4.18. The van der Waals surface area contributed by atoms with Crippen molar-refractivity contribution in [2.45, 2.75) is 19.8 Å². The lowest BCUT2D eigenvalue weighted by Gasteiger charge is -2.04. The fraction of sp³-hybridized carbons (Fsp3) is 0.273. The molecule has 0 saturated carbocycles. The maximum Gasteiger partial charge on any atom is 0.244 e. The van der Waals surface area contributed by atoms with Gasteiger partial charge in [-0.3, -0.25) is 4.79 Å². The monoisotopic (exact) mass is 379 g/mol. The zero-order chi connectivity index (χ0) is 19.8. The van der Waals surface area contributed by atoms with Gasteiger partial charge < -0.3 is 19.2 Å². The Morgan fingerprint density at radius 2 is 2.07 bits per heavy atom. The fourth-order valence-corrected chi connectivity index (χ4v) is 2.76. The van der Waals surface area contributed by atoms with Crippen LogP contribution in [-0.2, 0) is 11.2 Å². The summed E-state index contributed by atoms with van der Waals surface area (Å²) in [5, 5.41) is 2.88. The quantitative estimate of drug-likeness (QED) is 0.578. The second-order valence-corrected chi connectivity index (χ2v) is 6.33. The lowest BCUT2D eigenvalue weighted by Crippen LogP contribution is -2.23. The van der Waals surface area contributed by atoms with Crippen LogP contribution in [-0.4, -0.2) is 35.6 Å². The Hall–Kier alpha value is -3.28. The Morgan fingerprint density at radius 1 is 1.25 bits per heavy atom. The summed E-state index contributed by atoms with van der Waals surface area (Å²) in [6.07, 6.45) is 8.82. The van der Waals surface area contributed by atoms with E-state index in [-0.39, 0.29) is 5.91 Å². The van der Waals surface area contributed by atoms with Gasteiger partial charge in [-0.1, -0.05) is 19.1 Å². The highest BCUT2D eigenvalue weighted by Crippen LogP contribution is 2.18. The molecule has 0 radical (unpaired) electrons. The number of carbonyl (C=O) groups is 1. The van der Waals surface area contributed by atoms with E-state index in [0.717, 1.165) is 34.8 Å². The van der Waals surface area contributed by atoms with E-state index in [0.29, 0.717) is 19.6 Å². The minimum atomic E-state index is -0.132. The highest BCUT2D eigenvalue weighted by Gasteiger charge is 2.06. The van der Waals surface area contributed by atoms with Gasteiger partial charge in [-0.2, -0.15) is 0 Å². The van der Waals surface area contributed by atoms with Crippen LogP contribution in [0.3, 0.4) is 0 Å². The highest BCUT2D eigenvalue weighted by atomic mass is 16.5. The maximum atomic E-state index is 12.0. The molecule has 1 amide bonds. The van der Waals surface area contributed by atoms with E-state index in [9.17, 15) is 4.79 Å². The number of rotatable bonds is 9. The molecule has 0 fully saturated rings. The van der Waals surface area contributed by atoms with Gasteiger partial charge in [-0.25, -0.2) is 4.98 Å². The van der Waals surface area contributed by atoms with Gasteiger partial charge in [-0.15, -0.1) is 0 Å². The van der Waals surface area contributed by atoms with E-state index in [1.54, 1.807) is 13.2 Å². The molecular formula is C22H25N3O3. The van der Waals surface area contributed by atoms with E-state index < -0.39 is 0 Å². The molecule has 2 heterocycles. The number of nitrogens with zero attached hydrogens (tertiary/aromatic N) is 2. The number of ether oxygens (including phenoxy) is 2. The Labute approximate surface area is 164 Å². The van der Waals surface area contributed by atoms with Crippen LogP contribution in [0.25, 0.3) is 11.7 Å². The topological polar surface area (TPSA) is 64.9 Å². The van der Waals surface area contributed by atoms with E-state index in [4.69, 9.17) is 9.47 Å². The van der Waals surface area contributed by atoms with Crippen LogP contribution in [0.2, 0.25) is 0 Å². The third kappa shape index (κ3) is 5.13. The molecule has 0 aliphatic heterocycles. The van der Waals surface area contributed by atoms with Crippen molar-refractivity contribution in [3.8, 4) is 11.5 Å². The molecule has 146 valence electrons. The Morgan fingerprint density at radius 3 is 2.82 bits per heavy atom. The molecule has 0 atom stereocenters. The molecule has 2 aromatic heterocycles. The van der Waals surface area contributed by atoms with Crippen molar-refractivity contribution in [2.75, 3.05) is 20.3 Å². The zero-order valence-corrected chi connectivity index (χ0v) is 16.2. The zero-order valence-electron chi connectivity index (χ0n) is 16.2. The molecule has 1 N–H and O–H groups in total. The van der Waals surface area contributed by atoms with Gasteiger partial charge in [0.05, 0.1) is 19.4 Å². The second-order valence-electron chi connectivity index (χ2n) is 6.33. The maximum absolute atomic E-state index is 12.0. The second kappa shape index (κ2) is 9.60. The lowest BCUT2D eigenvalue weighted by atomic mass is 10.2. The Kier molecular flexibility index (Phi) is 6.68.